The molecule has 0 bridgehead atoms. The van der Waals surface area contributed by atoms with Crippen LogP contribution in [0.4, 0.5) is 5.69 Å². The Labute approximate surface area is 119 Å². The van der Waals surface area contributed by atoms with Crippen molar-refractivity contribution in [1.82, 2.24) is 5.32 Å². The molecule has 1 aliphatic carbocycles. The number of nitrogens with one attached hydrogen (secondary N) is 2. The average Bonchev–Trinajstić information content (AvgIpc) is 2.86. The molecule has 108 valence electrons. The lowest BCUT2D eigenvalue weighted by atomic mass is 9.85. The van der Waals surface area contributed by atoms with Gasteiger partial charge in [0.05, 0.1) is 11.7 Å². The second-order valence-electron chi connectivity index (χ2n) is 6.12. The molecule has 2 aliphatic rings. The third-order valence-electron chi connectivity index (χ3n) is 4.59. The van der Waals surface area contributed by atoms with Crippen LogP contribution >= 0.6 is 0 Å². The molecule has 3 rings (SSSR count). The van der Waals surface area contributed by atoms with E-state index >= 15 is 0 Å². The molecule has 2 fully saturated rings. The fourth-order valence-corrected chi connectivity index (χ4v) is 3.49. The Morgan fingerprint density at radius 1 is 1.35 bits per heavy atom. The number of carbonyl (C=O) groups excluding carboxylic acids is 1. The van der Waals surface area contributed by atoms with Gasteiger partial charge < -0.3 is 15.7 Å². The monoisotopic (exact) mass is 274 g/mol. The van der Waals surface area contributed by atoms with E-state index < -0.39 is 0 Å². The lowest BCUT2D eigenvalue weighted by Gasteiger charge is -2.24. The van der Waals surface area contributed by atoms with Crippen molar-refractivity contribution in [3.05, 3.63) is 23.8 Å². The van der Waals surface area contributed by atoms with E-state index in [0.717, 1.165) is 12.0 Å². The smallest absolute Gasteiger partial charge is 0.241 e. The van der Waals surface area contributed by atoms with Gasteiger partial charge in [0.15, 0.2) is 0 Å². The van der Waals surface area contributed by atoms with Crippen molar-refractivity contribution >= 4 is 11.6 Å². The molecular weight excluding hydrogens is 252 g/mol. The molecule has 1 heterocycles. The van der Waals surface area contributed by atoms with Crippen LogP contribution in [-0.2, 0) is 4.79 Å². The summed E-state index contributed by atoms with van der Waals surface area (Å²) < 4.78 is 0. The van der Waals surface area contributed by atoms with Gasteiger partial charge in [-0.15, -0.1) is 0 Å². The molecule has 0 spiro atoms. The van der Waals surface area contributed by atoms with Gasteiger partial charge in [-0.2, -0.15) is 0 Å². The summed E-state index contributed by atoms with van der Waals surface area (Å²) in [6.07, 6.45) is 5.89. The first-order valence-electron chi connectivity index (χ1n) is 7.50. The van der Waals surface area contributed by atoms with Crippen molar-refractivity contribution in [2.75, 3.05) is 5.32 Å². The summed E-state index contributed by atoms with van der Waals surface area (Å²) >= 11 is 0. The van der Waals surface area contributed by atoms with Gasteiger partial charge >= 0.3 is 0 Å². The minimum absolute atomic E-state index is 0.0291. The van der Waals surface area contributed by atoms with Crippen LogP contribution in [0.3, 0.4) is 0 Å². The van der Waals surface area contributed by atoms with E-state index in [1.807, 2.05) is 13.0 Å². The van der Waals surface area contributed by atoms with Crippen molar-refractivity contribution in [3.8, 4) is 5.75 Å². The van der Waals surface area contributed by atoms with Crippen molar-refractivity contribution in [3.63, 3.8) is 0 Å². The Balaban J connectivity index is 1.65. The molecular formula is C16H22N2O2. The van der Waals surface area contributed by atoms with Crippen LogP contribution < -0.4 is 10.6 Å². The van der Waals surface area contributed by atoms with Crippen molar-refractivity contribution in [2.45, 2.75) is 51.1 Å². The molecule has 1 amide bonds. The molecule has 4 heteroatoms. The van der Waals surface area contributed by atoms with Crippen LogP contribution in [0.15, 0.2) is 18.2 Å². The summed E-state index contributed by atoms with van der Waals surface area (Å²) in [7, 11) is 0. The van der Waals surface area contributed by atoms with Crippen molar-refractivity contribution < 1.29 is 9.90 Å². The molecule has 4 nitrogen and oxygen atoms in total. The SMILES string of the molecule is Cc1ccc(NC(=O)C2CC3CCCCC3N2)c(O)c1. The van der Waals surface area contributed by atoms with Crippen LogP contribution in [-0.4, -0.2) is 23.1 Å². The van der Waals surface area contributed by atoms with Crippen LogP contribution in [0, 0.1) is 12.8 Å². The zero-order chi connectivity index (χ0) is 14.1. The van der Waals surface area contributed by atoms with Gasteiger partial charge in [-0.05, 0) is 49.8 Å². The van der Waals surface area contributed by atoms with Gasteiger partial charge in [-0.1, -0.05) is 18.9 Å². The van der Waals surface area contributed by atoms with Gasteiger partial charge in [0.2, 0.25) is 5.91 Å². The number of phenols is 1. The number of phenolic OH excluding ortho intramolecular Hbond substituents is 1. The minimum Gasteiger partial charge on any atom is -0.506 e. The molecule has 3 unspecified atom stereocenters. The molecule has 1 aromatic carbocycles. The number of aromatic hydroxyl groups is 1. The van der Waals surface area contributed by atoms with E-state index in [9.17, 15) is 9.90 Å². The maximum absolute atomic E-state index is 12.3. The number of hydrogen-bond donors (Lipinski definition) is 3. The first-order valence-corrected chi connectivity index (χ1v) is 7.50. The van der Waals surface area contributed by atoms with E-state index in [2.05, 4.69) is 10.6 Å². The highest BCUT2D eigenvalue weighted by molar-refractivity contribution is 5.96. The molecule has 3 N–H and O–H groups in total. The number of benzene rings is 1. The third-order valence-corrected chi connectivity index (χ3v) is 4.59. The zero-order valence-corrected chi connectivity index (χ0v) is 11.9. The van der Waals surface area contributed by atoms with E-state index in [0.29, 0.717) is 17.6 Å². The number of anilines is 1. The van der Waals surface area contributed by atoms with E-state index in [4.69, 9.17) is 0 Å². The standard InChI is InChI=1S/C16H22N2O2/c1-10-6-7-13(15(19)8-10)18-16(20)14-9-11-4-2-3-5-12(11)17-14/h6-8,11-12,14,17,19H,2-5,9H2,1H3,(H,18,20). The zero-order valence-electron chi connectivity index (χ0n) is 11.9. The number of aryl methyl sites for hydroxylation is 1. The number of fused-ring (bicyclic) bond motifs is 1. The maximum atomic E-state index is 12.3. The van der Waals surface area contributed by atoms with Crippen LogP contribution in [0.5, 0.6) is 5.75 Å². The van der Waals surface area contributed by atoms with Crippen molar-refractivity contribution in [2.24, 2.45) is 5.92 Å². The summed E-state index contributed by atoms with van der Waals surface area (Å²) in [6.45, 7) is 1.91. The Morgan fingerprint density at radius 2 is 2.15 bits per heavy atom. The van der Waals surface area contributed by atoms with Crippen LogP contribution in [0.25, 0.3) is 0 Å². The summed E-state index contributed by atoms with van der Waals surface area (Å²) in [5.41, 5.74) is 1.47. The summed E-state index contributed by atoms with van der Waals surface area (Å²) in [5.74, 6) is 0.749. The molecule has 1 saturated carbocycles. The van der Waals surface area contributed by atoms with Gasteiger partial charge in [0, 0.05) is 6.04 Å². The molecule has 1 aliphatic heterocycles. The van der Waals surface area contributed by atoms with E-state index in [1.54, 1.807) is 12.1 Å². The second-order valence-corrected chi connectivity index (χ2v) is 6.12. The van der Waals surface area contributed by atoms with Gasteiger partial charge in [0.25, 0.3) is 0 Å². The first-order chi connectivity index (χ1) is 9.63. The highest BCUT2D eigenvalue weighted by Crippen LogP contribution is 2.34. The Hall–Kier alpha value is -1.55. The lowest BCUT2D eigenvalue weighted by Crippen LogP contribution is -2.39. The quantitative estimate of drug-likeness (QED) is 0.726. The van der Waals surface area contributed by atoms with Crippen LogP contribution in [0.1, 0.15) is 37.7 Å². The van der Waals surface area contributed by atoms with Crippen LogP contribution in [0.2, 0.25) is 0 Å². The normalized spacial score (nSPS) is 28.9. The topological polar surface area (TPSA) is 61.4 Å². The third kappa shape index (κ3) is 2.66. The molecule has 1 saturated heterocycles. The van der Waals surface area contributed by atoms with Gasteiger partial charge in [-0.3, -0.25) is 4.79 Å². The highest BCUT2D eigenvalue weighted by atomic mass is 16.3. The molecule has 0 radical (unpaired) electrons. The Bertz CT molecular complexity index is 501. The highest BCUT2D eigenvalue weighted by Gasteiger charge is 2.38. The number of amides is 1. The largest absolute Gasteiger partial charge is 0.506 e. The number of hydrogen-bond acceptors (Lipinski definition) is 3. The number of rotatable bonds is 2. The van der Waals surface area contributed by atoms with E-state index in [1.165, 1.54) is 25.7 Å². The Morgan fingerprint density at radius 3 is 2.90 bits per heavy atom. The van der Waals surface area contributed by atoms with Crippen molar-refractivity contribution in [1.29, 1.82) is 0 Å². The molecule has 20 heavy (non-hydrogen) atoms. The first kappa shape index (κ1) is 13.4. The fraction of sp³-hybridized carbons (Fsp3) is 0.562. The maximum Gasteiger partial charge on any atom is 0.241 e. The lowest BCUT2D eigenvalue weighted by molar-refractivity contribution is -0.117. The summed E-state index contributed by atoms with van der Waals surface area (Å²) in [5, 5.41) is 16.1. The summed E-state index contributed by atoms with van der Waals surface area (Å²) in [4.78, 5) is 12.3. The minimum atomic E-state index is -0.121. The Kier molecular flexibility index (Phi) is 3.66. The number of carbonyl (C=O) groups is 1. The second kappa shape index (κ2) is 5.44. The molecule has 3 atom stereocenters. The predicted molar refractivity (Wildman–Crippen MR) is 78.8 cm³/mol. The van der Waals surface area contributed by atoms with E-state index in [-0.39, 0.29) is 17.7 Å². The predicted octanol–water partition coefficient (Wildman–Crippen LogP) is 2.56. The van der Waals surface area contributed by atoms with Gasteiger partial charge in [-0.25, -0.2) is 0 Å². The van der Waals surface area contributed by atoms with Gasteiger partial charge in [0.1, 0.15) is 5.75 Å². The summed E-state index contributed by atoms with van der Waals surface area (Å²) in [6, 6.07) is 5.69. The average molecular weight is 274 g/mol. The molecule has 1 aromatic rings. The molecule has 0 aromatic heterocycles. The fourth-order valence-electron chi connectivity index (χ4n) is 3.49.